The van der Waals surface area contributed by atoms with Crippen molar-refractivity contribution >= 4 is 5.91 Å². The zero-order valence-corrected chi connectivity index (χ0v) is 11.5. The zero-order valence-electron chi connectivity index (χ0n) is 11.5. The van der Waals surface area contributed by atoms with Crippen molar-refractivity contribution in [3.8, 4) is 0 Å². The molecule has 3 nitrogen and oxygen atoms in total. The maximum absolute atomic E-state index is 11.4. The first-order valence-electron chi connectivity index (χ1n) is 6.61. The highest BCUT2D eigenvalue weighted by molar-refractivity contribution is 5.73. The van der Waals surface area contributed by atoms with Crippen LogP contribution in [0.15, 0.2) is 18.2 Å². The van der Waals surface area contributed by atoms with Gasteiger partial charge in [0.1, 0.15) is 0 Å². The van der Waals surface area contributed by atoms with Gasteiger partial charge in [-0.3, -0.25) is 4.79 Å². The molecule has 2 rings (SSSR count). The monoisotopic (exact) mass is 246 g/mol. The number of nitrogens with zero attached hydrogens (tertiary/aromatic N) is 1. The maximum Gasteiger partial charge on any atom is 0.219 e. The number of rotatable bonds is 2. The number of aryl methyl sites for hydroxylation is 2. The van der Waals surface area contributed by atoms with Crippen LogP contribution in [0.3, 0.4) is 0 Å². The average Bonchev–Trinajstić information content (AvgIpc) is 2.33. The van der Waals surface area contributed by atoms with Gasteiger partial charge in [0.25, 0.3) is 0 Å². The molecule has 1 unspecified atom stereocenters. The molecule has 98 valence electrons. The Labute approximate surface area is 109 Å². The second kappa shape index (κ2) is 5.53. The van der Waals surface area contributed by atoms with Crippen molar-refractivity contribution < 1.29 is 4.79 Å². The summed E-state index contributed by atoms with van der Waals surface area (Å²) in [4.78, 5) is 13.3. The molecule has 1 N–H and O–H groups in total. The molecular weight excluding hydrogens is 224 g/mol. The van der Waals surface area contributed by atoms with Gasteiger partial charge in [-0.1, -0.05) is 23.8 Å². The van der Waals surface area contributed by atoms with Crippen LogP contribution in [0.1, 0.15) is 23.6 Å². The van der Waals surface area contributed by atoms with Crippen LogP contribution >= 0.6 is 0 Å². The summed E-state index contributed by atoms with van der Waals surface area (Å²) in [7, 11) is 0. The van der Waals surface area contributed by atoms with Crippen molar-refractivity contribution in [2.45, 2.75) is 33.2 Å². The van der Waals surface area contributed by atoms with E-state index in [4.69, 9.17) is 0 Å². The van der Waals surface area contributed by atoms with Gasteiger partial charge in [0.05, 0.1) is 0 Å². The van der Waals surface area contributed by atoms with Gasteiger partial charge in [-0.15, -0.1) is 0 Å². The van der Waals surface area contributed by atoms with Gasteiger partial charge in [0.15, 0.2) is 0 Å². The van der Waals surface area contributed by atoms with Crippen molar-refractivity contribution in [2.24, 2.45) is 0 Å². The Morgan fingerprint density at radius 3 is 2.89 bits per heavy atom. The summed E-state index contributed by atoms with van der Waals surface area (Å²) in [5.74, 6) is 0.183. The number of carbonyl (C=O) groups excluding carboxylic acids is 1. The fraction of sp³-hybridized carbons (Fsp3) is 0.533. The molecule has 18 heavy (non-hydrogen) atoms. The second-order valence-corrected chi connectivity index (χ2v) is 5.25. The van der Waals surface area contributed by atoms with Crippen LogP contribution in [0.5, 0.6) is 0 Å². The van der Waals surface area contributed by atoms with E-state index in [1.807, 2.05) is 4.90 Å². The first-order chi connectivity index (χ1) is 8.56. The lowest BCUT2D eigenvalue weighted by Gasteiger charge is -2.33. The Morgan fingerprint density at radius 1 is 1.44 bits per heavy atom. The van der Waals surface area contributed by atoms with E-state index in [9.17, 15) is 4.79 Å². The van der Waals surface area contributed by atoms with Crippen molar-refractivity contribution in [3.05, 3.63) is 34.9 Å². The van der Waals surface area contributed by atoms with Crippen LogP contribution in [0.4, 0.5) is 0 Å². The van der Waals surface area contributed by atoms with E-state index < -0.39 is 0 Å². The van der Waals surface area contributed by atoms with Gasteiger partial charge in [0, 0.05) is 32.6 Å². The number of hydrogen-bond donors (Lipinski definition) is 1. The van der Waals surface area contributed by atoms with Gasteiger partial charge in [-0.25, -0.2) is 0 Å². The minimum Gasteiger partial charge on any atom is -0.340 e. The van der Waals surface area contributed by atoms with E-state index in [0.717, 1.165) is 26.1 Å². The normalized spacial score (nSPS) is 19.9. The van der Waals surface area contributed by atoms with E-state index in [1.165, 1.54) is 16.7 Å². The Kier molecular flexibility index (Phi) is 4.02. The third kappa shape index (κ3) is 3.10. The molecule has 1 aliphatic heterocycles. The first-order valence-corrected chi connectivity index (χ1v) is 6.61. The smallest absolute Gasteiger partial charge is 0.219 e. The molecule has 0 aromatic heterocycles. The lowest BCUT2D eigenvalue weighted by molar-refractivity contribution is -0.130. The van der Waals surface area contributed by atoms with Crippen LogP contribution in [0.25, 0.3) is 0 Å². The summed E-state index contributed by atoms with van der Waals surface area (Å²) < 4.78 is 0. The van der Waals surface area contributed by atoms with Gasteiger partial charge >= 0.3 is 0 Å². The number of carbonyl (C=O) groups is 1. The van der Waals surface area contributed by atoms with Crippen molar-refractivity contribution in [2.75, 3.05) is 19.6 Å². The molecular formula is C15H22N2O. The molecule has 0 saturated carbocycles. The minimum absolute atomic E-state index is 0.183. The zero-order chi connectivity index (χ0) is 13.1. The lowest BCUT2D eigenvalue weighted by Crippen LogP contribution is -2.52. The second-order valence-electron chi connectivity index (χ2n) is 5.25. The van der Waals surface area contributed by atoms with Crippen LogP contribution < -0.4 is 5.32 Å². The summed E-state index contributed by atoms with van der Waals surface area (Å²) in [5.41, 5.74) is 4.03. The van der Waals surface area contributed by atoms with Crippen molar-refractivity contribution in [1.29, 1.82) is 0 Å². The summed E-state index contributed by atoms with van der Waals surface area (Å²) in [6.45, 7) is 8.48. The first kappa shape index (κ1) is 13.1. The van der Waals surface area contributed by atoms with Crippen molar-refractivity contribution in [1.82, 2.24) is 10.2 Å². The van der Waals surface area contributed by atoms with Gasteiger partial charge in [-0.2, -0.15) is 0 Å². The third-order valence-corrected chi connectivity index (χ3v) is 3.67. The molecule has 1 heterocycles. The van der Waals surface area contributed by atoms with E-state index in [2.05, 4.69) is 37.4 Å². The number of amides is 1. The molecule has 1 atom stereocenters. The highest BCUT2D eigenvalue weighted by Crippen LogP contribution is 2.14. The summed E-state index contributed by atoms with van der Waals surface area (Å²) >= 11 is 0. The topological polar surface area (TPSA) is 32.3 Å². The SMILES string of the molecule is CC(=O)N1CCNC(Cc2ccc(C)cc2C)C1. The van der Waals surface area contributed by atoms with Crippen molar-refractivity contribution in [3.63, 3.8) is 0 Å². The largest absolute Gasteiger partial charge is 0.340 e. The molecule has 0 radical (unpaired) electrons. The van der Waals surface area contributed by atoms with E-state index in [0.29, 0.717) is 6.04 Å². The third-order valence-electron chi connectivity index (χ3n) is 3.67. The van der Waals surface area contributed by atoms with Gasteiger partial charge < -0.3 is 10.2 Å². The molecule has 1 aromatic carbocycles. The fourth-order valence-electron chi connectivity index (χ4n) is 2.59. The Morgan fingerprint density at radius 2 is 2.22 bits per heavy atom. The Hall–Kier alpha value is -1.35. The van der Waals surface area contributed by atoms with E-state index in [1.54, 1.807) is 6.92 Å². The molecule has 0 aliphatic carbocycles. The fourth-order valence-corrected chi connectivity index (χ4v) is 2.59. The summed E-state index contributed by atoms with van der Waals surface area (Å²) in [6.07, 6.45) is 0.996. The van der Waals surface area contributed by atoms with Crippen LogP contribution in [0, 0.1) is 13.8 Å². The standard InChI is InChI=1S/C15H22N2O/c1-11-4-5-14(12(2)8-11)9-15-10-17(13(3)18)7-6-16-15/h4-5,8,15-16H,6-7,9-10H2,1-3H3. The molecule has 0 bridgehead atoms. The number of hydrogen-bond acceptors (Lipinski definition) is 2. The van der Waals surface area contributed by atoms with Gasteiger partial charge in [-0.05, 0) is 31.4 Å². The lowest BCUT2D eigenvalue weighted by atomic mass is 9.98. The molecule has 1 aliphatic rings. The molecule has 1 fully saturated rings. The number of nitrogens with one attached hydrogen (secondary N) is 1. The number of benzene rings is 1. The van der Waals surface area contributed by atoms with Crippen LogP contribution in [-0.4, -0.2) is 36.5 Å². The molecule has 3 heteroatoms. The molecule has 1 amide bonds. The highest BCUT2D eigenvalue weighted by Gasteiger charge is 2.21. The van der Waals surface area contributed by atoms with Crippen LogP contribution in [0.2, 0.25) is 0 Å². The molecule has 1 aromatic rings. The van der Waals surface area contributed by atoms with E-state index >= 15 is 0 Å². The van der Waals surface area contributed by atoms with Crippen LogP contribution in [-0.2, 0) is 11.2 Å². The maximum atomic E-state index is 11.4. The average molecular weight is 246 g/mol. The molecule has 1 saturated heterocycles. The predicted octanol–water partition coefficient (Wildman–Crippen LogP) is 1.67. The predicted molar refractivity (Wildman–Crippen MR) is 73.7 cm³/mol. The summed E-state index contributed by atoms with van der Waals surface area (Å²) in [5, 5.41) is 3.50. The molecule has 0 spiro atoms. The van der Waals surface area contributed by atoms with E-state index in [-0.39, 0.29) is 5.91 Å². The minimum atomic E-state index is 0.183. The Balaban J connectivity index is 2.02. The highest BCUT2D eigenvalue weighted by atomic mass is 16.2. The quantitative estimate of drug-likeness (QED) is 0.861. The van der Waals surface area contributed by atoms with Gasteiger partial charge in [0.2, 0.25) is 5.91 Å². The Bertz CT molecular complexity index is 442. The number of piperazine rings is 1. The summed E-state index contributed by atoms with van der Waals surface area (Å²) in [6, 6.07) is 6.97.